The molecule has 2 rings (SSSR count). The zero-order valence-electron chi connectivity index (χ0n) is 14.2. The smallest absolute Gasteiger partial charge is 0.408 e. The number of furan rings is 1. The third kappa shape index (κ3) is 3.72. The number of nitrogens with one attached hydrogen (secondary N) is 1. The Bertz CT molecular complexity index is 817. The molecule has 1 heterocycles. The van der Waals surface area contributed by atoms with Gasteiger partial charge in [-0.3, -0.25) is 0 Å². The predicted octanol–water partition coefficient (Wildman–Crippen LogP) is 4.54. The number of amides is 1. The number of carboxylic acid groups (broad SMARTS) is 1. The summed E-state index contributed by atoms with van der Waals surface area (Å²) in [7, 11) is 0. The third-order valence-electron chi connectivity index (χ3n) is 3.51. The Hall–Kier alpha value is -2.02. The Kier molecular flexibility index (Phi) is 4.94. The first-order valence-electron chi connectivity index (χ1n) is 7.42. The van der Waals surface area contributed by atoms with Gasteiger partial charge < -0.3 is 19.6 Å². The number of carbonyl (C=O) groups is 2. The van der Waals surface area contributed by atoms with E-state index in [0.29, 0.717) is 21.2 Å². The van der Waals surface area contributed by atoms with Gasteiger partial charge in [0, 0.05) is 5.39 Å². The number of aromatic carboxylic acids is 1. The van der Waals surface area contributed by atoms with Crippen molar-refractivity contribution in [3.63, 3.8) is 0 Å². The van der Waals surface area contributed by atoms with Crippen molar-refractivity contribution in [3.8, 4) is 0 Å². The molecule has 0 bridgehead atoms. The van der Waals surface area contributed by atoms with Gasteiger partial charge in [0.1, 0.15) is 22.5 Å². The molecule has 0 aliphatic heterocycles. The number of benzene rings is 1. The minimum Gasteiger partial charge on any atom is -0.478 e. The lowest BCUT2D eigenvalue weighted by atomic mass is 10.0. The molecule has 0 atom stereocenters. The van der Waals surface area contributed by atoms with Crippen LogP contribution in [0.5, 0.6) is 0 Å². The quantitative estimate of drug-likeness (QED) is 0.793. The summed E-state index contributed by atoms with van der Waals surface area (Å²) in [6.07, 6.45) is -0.568. The zero-order valence-corrected chi connectivity index (χ0v) is 15.8. The molecule has 0 aliphatic carbocycles. The first-order chi connectivity index (χ1) is 11.0. The molecule has 0 saturated carbocycles. The van der Waals surface area contributed by atoms with Crippen LogP contribution in [-0.4, -0.2) is 22.8 Å². The van der Waals surface area contributed by atoms with Crippen LogP contribution in [-0.2, 0) is 11.3 Å². The summed E-state index contributed by atoms with van der Waals surface area (Å²) in [5, 5.41) is 12.7. The van der Waals surface area contributed by atoms with E-state index in [1.165, 1.54) is 0 Å². The highest BCUT2D eigenvalue weighted by molar-refractivity contribution is 9.10. The minimum atomic E-state index is -1.06. The van der Waals surface area contributed by atoms with Crippen molar-refractivity contribution in [2.75, 3.05) is 0 Å². The molecule has 24 heavy (non-hydrogen) atoms. The fourth-order valence-electron chi connectivity index (χ4n) is 2.31. The van der Waals surface area contributed by atoms with Gasteiger partial charge >= 0.3 is 12.1 Å². The molecular formula is C17H20BrNO5. The average Bonchev–Trinajstić information content (AvgIpc) is 2.76. The lowest BCUT2D eigenvalue weighted by Gasteiger charge is -2.19. The molecule has 0 aliphatic rings. The van der Waals surface area contributed by atoms with Crippen LogP contribution < -0.4 is 5.32 Å². The van der Waals surface area contributed by atoms with Crippen molar-refractivity contribution < 1.29 is 23.8 Å². The summed E-state index contributed by atoms with van der Waals surface area (Å²) < 4.78 is 11.5. The summed E-state index contributed by atoms with van der Waals surface area (Å²) in [6.45, 7) is 9.15. The van der Waals surface area contributed by atoms with Crippen LogP contribution in [0, 0.1) is 13.8 Å². The second kappa shape index (κ2) is 6.47. The number of aryl methyl sites for hydroxylation is 2. The van der Waals surface area contributed by atoms with Crippen molar-refractivity contribution in [1.29, 1.82) is 0 Å². The molecule has 1 aromatic carbocycles. The van der Waals surface area contributed by atoms with E-state index in [9.17, 15) is 14.7 Å². The lowest BCUT2D eigenvalue weighted by molar-refractivity contribution is 0.0519. The molecule has 2 N–H and O–H groups in total. The van der Waals surface area contributed by atoms with Crippen molar-refractivity contribution in [2.45, 2.75) is 46.8 Å². The second-order valence-electron chi connectivity index (χ2n) is 6.57. The predicted molar refractivity (Wildman–Crippen MR) is 93.4 cm³/mol. The Morgan fingerprint density at radius 1 is 1.33 bits per heavy atom. The Labute approximate surface area is 148 Å². The van der Waals surface area contributed by atoms with Crippen molar-refractivity contribution in [3.05, 3.63) is 33.0 Å². The molecule has 0 saturated heterocycles. The number of hydrogen-bond donors (Lipinski definition) is 2. The van der Waals surface area contributed by atoms with E-state index in [4.69, 9.17) is 9.15 Å². The van der Waals surface area contributed by atoms with Crippen LogP contribution >= 0.6 is 15.9 Å². The SMILES string of the molecule is Cc1cc(C(=O)O)c2oc(CNC(=O)OC(C)(C)C)c(Br)c2c1C. The highest BCUT2D eigenvalue weighted by Crippen LogP contribution is 2.36. The Morgan fingerprint density at radius 2 is 1.96 bits per heavy atom. The first-order valence-corrected chi connectivity index (χ1v) is 8.21. The highest BCUT2D eigenvalue weighted by Gasteiger charge is 2.22. The molecule has 0 fully saturated rings. The van der Waals surface area contributed by atoms with E-state index in [-0.39, 0.29) is 12.1 Å². The van der Waals surface area contributed by atoms with Crippen LogP contribution in [0.25, 0.3) is 11.0 Å². The molecule has 0 radical (unpaired) electrons. The van der Waals surface area contributed by atoms with E-state index >= 15 is 0 Å². The number of alkyl carbamates (subject to hydrolysis) is 1. The van der Waals surface area contributed by atoms with Crippen molar-refractivity contribution >= 4 is 39.0 Å². The van der Waals surface area contributed by atoms with Crippen LogP contribution in [0.4, 0.5) is 4.79 Å². The number of fused-ring (bicyclic) bond motifs is 1. The second-order valence-corrected chi connectivity index (χ2v) is 7.36. The molecule has 6 nitrogen and oxygen atoms in total. The summed E-state index contributed by atoms with van der Waals surface area (Å²) >= 11 is 3.45. The summed E-state index contributed by atoms with van der Waals surface area (Å²) in [5.41, 5.74) is 1.57. The van der Waals surface area contributed by atoms with Gasteiger partial charge in [-0.1, -0.05) is 0 Å². The first kappa shape index (κ1) is 18.3. The standard InChI is InChI=1S/C17H20BrNO5/c1-8-6-10(15(20)21)14-12(9(8)2)13(18)11(23-14)7-19-16(22)24-17(3,4)5/h6H,7H2,1-5H3,(H,19,22)(H,20,21). The Morgan fingerprint density at radius 3 is 2.50 bits per heavy atom. The minimum absolute atomic E-state index is 0.0850. The fourth-order valence-corrected chi connectivity index (χ4v) is 3.01. The third-order valence-corrected chi connectivity index (χ3v) is 4.35. The van der Waals surface area contributed by atoms with E-state index in [0.717, 1.165) is 11.1 Å². The summed E-state index contributed by atoms with van der Waals surface area (Å²) in [6, 6.07) is 1.58. The highest BCUT2D eigenvalue weighted by atomic mass is 79.9. The molecule has 2 aromatic rings. The number of carbonyl (C=O) groups excluding carboxylic acids is 1. The molecular weight excluding hydrogens is 378 g/mol. The van der Waals surface area contributed by atoms with Gasteiger partial charge in [0.25, 0.3) is 0 Å². The molecule has 0 spiro atoms. The number of hydrogen-bond acceptors (Lipinski definition) is 4. The number of ether oxygens (including phenoxy) is 1. The lowest BCUT2D eigenvalue weighted by Crippen LogP contribution is -2.32. The summed E-state index contributed by atoms with van der Waals surface area (Å²) in [5.74, 6) is -0.622. The van der Waals surface area contributed by atoms with E-state index < -0.39 is 17.7 Å². The molecule has 1 aromatic heterocycles. The number of carboxylic acids is 1. The van der Waals surface area contributed by atoms with E-state index in [2.05, 4.69) is 21.2 Å². The van der Waals surface area contributed by atoms with Gasteiger partial charge in [-0.05, 0) is 67.7 Å². The molecule has 1 amide bonds. The van der Waals surface area contributed by atoms with Gasteiger partial charge in [-0.15, -0.1) is 0 Å². The zero-order chi connectivity index (χ0) is 18.2. The fraction of sp³-hybridized carbons (Fsp3) is 0.412. The van der Waals surface area contributed by atoms with E-state index in [1.54, 1.807) is 26.8 Å². The summed E-state index contributed by atoms with van der Waals surface area (Å²) in [4.78, 5) is 23.2. The topological polar surface area (TPSA) is 88.8 Å². The molecule has 0 unspecified atom stereocenters. The van der Waals surface area contributed by atoms with E-state index in [1.807, 2.05) is 13.8 Å². The average molecular weight is 398 g/mol. The van der Waals surface area contributed by atoms with Gasteiger partial charge in [-0.25, -0.2) is 9.59 Å². The number of rotatable bonds is 3. The van der Waals surface area contributed by atoms with Gasteiger partial charge in [0.05, 0.1) is 11.0 Å². The maximum Gasteiger partial charge on any atom is 0.408 e. The van der Waals surface area contributed by atoms with Gasteiger partial charge in [0.2, 0.25) is 0 Å². The largest absolute Gasteiger partial charge is 0.478 e. The van der Waals surface area contributed by atoms with Crippen LogP contribution in [0.1, 0.15) is 48.0 Å². The molecule has 130 valence electrons. The normalized spacial score (nSPS) is 11.6. The van der Waals surface area contributed by atoms with Gasteiger partial charge in [-0.2, -0.15) is 0 Å². The van der Waals surface area contributed by atoms with Crippen molar-refractivity contribution in [1.82, 2.24) is 5.32 Å². The van der Waals surface area contributed by atoms with Gasteiger partial charge in [0.15, 0.2) is 0 Å². The molecule has 7 heteroatoms. The maximum absolute atomic E-state index is 11.8. The number of halogens is 1. The van der Waals surface area contributed by atoms with Crippen molar-refractivity contribution in [2.24, 2.45) is 0 Å². The monoisotopic (exact) mass is 397 g/mol. The van der Waals surface area contributed by atoms with Crippen LogP contribution in [0.3, 0.4) is 0 Å². The Balaban J connectivity index is 2.38. The van der Waals surface area contributed by atoms with Crippen LogP contribution in [0.2, 0.25) is 0 Å². The maximum atomic E-state index is 11.8. The van der Waals surface area contributed by atoms with Crippen LogP contribution in [0.15, 0.2) is 15.0 Å².